The van der Waals surface area contributed by atoms with Gasteiger partial charge in [0, 0.05) is 16.0 Å². The Labute approximate surface area is 134 Å². The first-order valence-corrected chi connectivity index (χ1v) is 8.42. The molecule has 1 heterocycles. The lowest BCUT2D eigenvalue weighted by molar-refractivity contribution is 0.0695. The van der Waals surface area contributed by atoms with Crippen molar-refractivity contribution in [1.82, 2.24) is 0 Å². The smallest absolute Gasteiger partial charge is 0.167 e. The lowest BCUT2D eigenvalue weighted by Gasteiger charge is -2.37. The fourth-order valence-electron chi connectivity index (χ4n) is 3.42. The minimum atomic E-state index is 0.0715. The van der Waals surface area contributed by atoms with Crippen LogP contribution in [-0.4, -0.2) is 19.0 Å². The van der Waals surface area contributed by atoms with E-state index < -0.39 is 0 Å². The number of carbonyl (C=O) groups is 1. The Morgan fingerprint density at radius 3 is 2.52 bits per heavy atom. The first kappa shape index (κ1) is 14.9. The van der Waals surface area contributed by atoms with Crippen LogP contribution in [0.1, 0.15) is 49.9 Å². The summed E-state index contributed by atoms with van der Waals surface area (Å²) in [5, 5.41) is 0. The Bertz CT molecular complexity index is 565. The van der Waals surface area contributed by atoms with Gasteiger partial charge in [-0.2, -0.15) is 0 Å². The molecule has 1 fully saturated rings. The zero-order chi connectivity index (χ0) is 15.0. The molecule has 0 aromatic heterocycles. The second-order valence-electron chi connectivity index (χ2n) is 6.63. The van der Waals surface area contributed by atoms with Gasteiger partial charge in [0.15, 0.2) is 17.3 Å². The van der Waals surface area contributed by atoms with E-state index in [9.17, 15) is 4.79 Å². The molecule has 0 radical (unpaired) electrons. The summed E-state index contributed by atoms with van der Waals surface area (Å²) < 4.78 is 12.0. The minimum Gasteiger partial charge on any atom is -0.486 e. The van der Waals surface area contributed by atoms with Gasteiger partial charge in [-0.1, -0.05) is 26.7 Å². The molecule has 0 saturated heterocycles. The minimum absolute atomic E-state index is 0.0715. The molecule has 3 rings (SSSR count). The molecular weight excluding hydrogens is 332 g/mol. The molecule has 0 bridgehead atoms. The van der Waals surface area contributed by atoms with Crippen molar-refractivity contribution >= 4 is 21.7 Å². The van der Waals surface area contributed by atoms with Gasteiger partial charge in [-0.3, -0.25) is 4.79 Å². The summed E-state index contributed by atoms with van der Waals surface area (Å²) in [5.41, 5.74) is 0.793. The van der Waals surface area contributed by atoms with Crippen molar-refractivity contribution < 1.29 is 14.3 Å². The molecule has 0 N–H and O–H groups in total. The second kappa shape index (κ2) is 5.64. The van der Waals surface area contributed by atoms with Crippen LogP contribution in [0.4, 0.5) is 0 Å². The topological polar surface area (TPSA) is 35.5 Å². The van der Waals surface area contributed by atoms with Gasteiger partial charge in [-0.05, 0) is 46.3 Å². The van der Waals surface area contributed by atoms with Crippen LogP contribution in [0.5, 0.6) is 11.5 Å². The number of halogens is 1. The van der Waals surface area contributed by atoms with Crippen LogP contribution in [0, 0.1) is 11.3 Å². The summed E-state index contributed by atoms with van der Waals surface area (Å²) in [6, 6.07) is 3.70. The largest absolute Gasteiger partial charge is 0.486 e. The van der Waals surface area contributed by atoms with Crippen molar-refractivity contribution in [3.8, 4) is 11.5 Å². The third-order valence-electron chi connectivity index (χ3n) is 4.72. The monoisotopic (exact) mass is 352 g/mol. The average Bonchev–Trinajstić information content (AvgIpc) is 2.45. The highest BCUT2D eigenvalue weighted by molar-refractivity contribution is 9.10. The lowest BCUT2D eigenvalue weighted by atomic mass is 9.66. The van der Waals surface area contributed by atoms with Crippen molar-refractivity contribution in [3.05, 3.63) is 22.2 Å². The number of benzene rings is 1. The number of hydrogen-bond acceptors (Lipinski definition) is 3. The molecule has 21 heavy (non-hydrogen) atoms. The number of Topliss-reactive ketones (excluding diaryl/α,β-unsaturated/α-hetero) is 1. The number of ether oxygens (including phenoxy) is 2. The molecule has 0 spiro atoms. The zero-order valence-electron chi connectivity index (χ0n) is 12.6. The Morgan fingerprint density at radius 2 is 1.86 bits per heavy atom. The molecular formula is C17H21BrO3. The van der Waals surface area contributed by atoms with E-state index >= 15 is 0 Å². The van der Waals surface area contributed by atoms with Gasteiger partial charge in [0.05, 0.1) is 0 Å². The molecule has 114 valence electrons. The number of rotatable bonds is 2. The Balaban J connectivity index is 1.94. The third-order valence-corrected chi connectivity index (χ3v) is 5.38. The summed E-state index contributed by atoms with van der Waals surface area (Å²) in [5.74, 6) is 1.71. The lowest BCUT2D eigenvalue weighted by Crippen LogP contribution is -2.34. The van der Waals surface area contributed by atoms with Gasteiger partial charge < -0.3 is 9.47 Å². The van der Waals surface area contributed by atoms with Crippen LogP contribution >= 0.6 is 15.9 Å². The van der Waals surface area contributed by atoms with Crippen molar-refractivity contribution in [1.29, 1.82) is 0 Å². The molecule has 0 amide bonds. The predicted molar refractivity (Wildman–Crippen MR) is 85.2 cm³/mol. The summed E-state index contributed by atoms with van der Waals surface area (Å²) in [6.07, 6.45) is 4.46. The Morgan fingerprint density at radius 1 is 1.19 bits per heavy atom. The maximum Gasteiger partial charge on any atom is 0.167 e. The van der Waals surface area contributed by atoms with Crippen molar-refractivity contribution in [2.75, 3.05) is 13.2 Å². The predicted octanol–water partition coefficient (Wildman–Crippen LogP) is 4.62. The Kier molecular flexibility index (Phi) is 4.00. The normalized spacial score (nSPS) is 23.7. The van der Waals surface area contributed by atoms with Crippen LogP contribution in [0.2, 0.25) is 0 Å². The standard InChI is InChI=1S/C17H21BrO3/c1-17(2)6-4-3-5-12(17)16(19)11-9-14-15(10-13(11)18)21-8-7-20-14/h9-10,12H,3-8H2,1-2H3. The highest BCUT2D eigenvalue weighted by Gasteiger charge is 2.38. The van der Waals surface area contributed by atoms with Gasteiger partial charge in [-0.25, -0.2) is 0 Å². The molecule has 1 aromatic rings. The number of hydrogen-bond donors (Lipinski definition) is 0. The molecule has 2 aliphatic rings. The zero-order valence-corrected chi connectivity index (χ0v) is 14.2. The fraction of sp³-hybridized carbons (Fsp3) is 0.588. The van der Waals surface area contributed by atoms with E-state index in [1.165, 1.54) is 6.42 Å². The van der Waals surface area contributed by atoms with Crippen LogP contribution < -0.4 is 9.47 Å². The maximum atomic E-state index is 13.0. The molecule has 1 saturated carbocycles. The van der Waals surface area contributed by atoms with Gasteiger partial charge in [0.1, 0.15) is 13.2 Å². The summed E-state index contributed by atoms with van der Waals surface area (Å²) in [4.78, 5) is 13.0. The van der Waals surface area contributed by atoms with Crippen LogP contribution in [0.3, 0.4) is 0 Å². The highest BCUT2D eigenvalue weighted by Crippen LogP contribution is 2.44. The van der Waals surface area contributed by atoms with Crippen LogP contribution in [0.15, 0.2) is 16.6 Å². The SMILES string of the molecule is CC1(C)CCCCC1C(=O)c1cc2c(cc1Br)OCCO2. The fourth-order valence-corrected chi connectivity index (χ4v) is 3.94. The maximum absolute atomic E-state index is 13.0. The molecule has 1 atom stereocenters. The van der Waals surface area contributed by atoms with Crippen LogP contribution in [0.25, 0.3) is 0 Å². The second-order valence-corrected chi connectivity index (χ2v) is 7.48. The first-order valence-electron chi connectivity index (χ1n) is 7.62. The summed E-state index contributed by atoms with van der Waals surface area (Å²) >= 11 is 3.52. The van der Waals surface area contributed by atoms with Gasteiger partial charge in [0.2, 0.25) is 0 Å². The number of carbonyl (C=O) groups excluding carboxylic acids is 1. The number of fused-ring (bicyclic) bond motifs is 1. The van der Waals surface area contributed by atoms with Gasteiger partial charge >= 0.3 is 0 Å². The average molecular weight is 353 g/mol. The van der Waals surface area contributed by atoms with E-state index in [1.807, 2.05) is 12.1 Å². The first-order chi connectivity index (χ1) is 9.99. The quantitative estimate of drug-likeness (QED) is 0.728. The third kappa shape index (κ3) is 2.83. The summed E-state index contributed by atoms with van der Waals surface area (Å²) in [7, 11) is 0. The van der Waals surface area contributed by atoms with E-state index in [0.717, 1.165) is 29.3 Å². The highest BCUT2D eigenvalue weighted by atomic mass is 79.9. The summed E-state index contributed by atoms with van der Waals surface area (Å²) in [6.45, 7) is 5.51. The van der Waals surface area contributed by atoms with Crippen molar-refractivity contribution in [2.24, 2.45) is 11.3 Å². The van der Waals surface area contributed by atoms with E-state index in [4.69, 9.17) is 9.47 Å². The molecule has 3 nitrogen and oxygen atoms in total. The molecule has 1 unspecified atom stereocenters. The molecule has 1 aliphatic carbocycles. The van der Waals surface area contributed by atoms with E-state index in [2.05, 4.69) is 29.8 Å². The van der Waals surface area contributed by atoms with Crippen molar-refractivity contribution in [2.45, 2.75) is 39.5 Å². The van der Waals surface area contributed by atoms with Crippen molar-refractivity contribution in [3.63, 3.8) is 0 Å². The molecule has 4 heteroatoms. The number of ketones is 1. The van der Waals surface area contributed by atoms with Gasteiger partial charge in [0.25, 0.3) is 0 Å². The van der Waals surface area contributed by atoms with Gasteiger partial charge in [-0.15, -0.1) is 0 Å². The Hall–Kier alpha value is -1.03. The molecule has 1 aromatic carbocycles. The van der Waals surface area contributed by atoms with E-state index in [1.54, 1.807) is 0 Å². The van der Waals surface area contributed by atoms with E-state index in [0.29, 0.717) is 24.7 Å². The van der Waals surface area contributed by atoms with E-state index in [-0.39, 0.29) is 17.1 Å². The molecule has 1 aliphatic heterocycles. The van der Waals surface area contributed by atoms with Crippen LogP contribution in [-0.2, 0) is 0 Å².